The summed E-state index contributed by atoms with van der Waals surface area (Å²) in [6.07, 6.45) is 3.27. The highest BCUT2D eigenvalue weighted by molar-refractivity contribution is 6.46. The molecule has 1 fully saturated rings. The lowest BCUT2D eigenvalue weighted by molar-refractivity contribution is -0.140. The van der Waals surface area contributed by atoms with Gasteiger partial charge in [-0.05, 0) is 43.2 Å². The zero-order valence-electron chi connectivity index (χ0n) is 18.8. The molecule has 2 heterocycles. The predicted octanol–water partition coefficient (Wildman–Crippen LogP) is 4.41. The van der Waals surface area contributed by atoms with Gasteiger partial charge in [-0.3, -0.25) is 9.59 Å². The molecule has 2 aromatic carbocycles. The molecule has 4 rings (SSSR count). The number of aromatic nitrogens is 1. The molecule has 0 radical (unpaired) electrons. The number of para-hydroxylation sites is 1. The van der Waals surface area contributed by atoms with Crippen LogP contribution >= 0.6 is 0 Å². The highest BCUT2D eigenvalue weighted by Gasteiger charge is 2.46. The normalized spacial score (nSPS) is 17.8. The number of nitrogens with one attached hydrogen (secondary N) is 1. The van der Waals surface area contributed by atoms with Crippen LogP contribution in [-0.2, 0) is 14.3 Å². The van der Waals surface area contributed by atoms with Gasteiger partial charge in [0.1, 0.15) is 11.5 Å². The Morgan fingerprint density at radius 2 is 1.85 bits per heavy atom. The molecule has 2 N–H and O–H groups in total. The molecular formula is C26H28N2O5. The summed E-state index contributed by atoms with van der Waals surface area (Å²) in [5.41, 5.74) is 2.21. The highest BCUT2D eigenvalue weighted by Crippen LogP contribution is 2.42. The summed E-state index contributed by atoms with van der Waals surface area (Å²) in [6, 6.07) is 13.9. The lowest BCUT2D eigenvalue weighted by Gasteiger charge is -2.24. The topological polar surface area (TPSA) is 91.9 Å². The standard InChI is InChI=1S/C26H28N2O5/c1-3-14-33-18-11-9-17(10-12-18)24(29)22-23(20-16-27-21-8-5-4-7-19(20)21)28(13-6-15-32-2)26(31)25(22)30/h4-5,7-12,16,23,27,29H,3,6,13-15H2,1-2H3/b24-22+. The third-order valence-electron chi connectivity index (χ3n) is 5.80. The van der Waals surface area contributed by atoms with Gasteiger partial charge in [0.25, 0.3) is 11.7 Å². The molecule has 1 atom stereocenters. The Hall–Kier alpha value is -3.58. The molecule has 1 amide bonds. The van der Waals surface area contributed by atoms with E-state index in [1.807, 2.05) is 31.2 Å². The Morgan fingerprint density at radius 3 is 2.58 bits per heavy atom. The molecule has 1 unspecified atom stereocenters. The van der Waals surface area contributed by atoms with Crippen LogP contribution in [0.1, 0.15) is 36.9 Å². The fourth-order valence-electron chi connectivity index (χ4n) is 4.22. The van der Waals surface area contributed by atoms with Crippen LogP contribution in [0.2, 0.25) is 0 Å². The number of amides is 1. The van der Waals surface area contributed by atoms with Gasteiger partial charge in [0, 0.05) is 48.5 Å². The monoisotopic (exact) mass is 448 g/mol. The first kappa shape index (κ1) is 22.6. The van der Waals surface area contributed by atoms with Gasteiger partial charge in [0.05, 0.1) is 18.2 Å². The number of fused-ring (bicyclic) bond motifs is 1. The summed E-state index contributed by atoms with van der Waals surface area (Å²) in [7, 11) is 1.60. The minimum absolute atomic E-state index is 0.0874. The number of Topliss-reactive ketones (excluding diaryl/α,β-unsaturated/α-hetero) is 1. The Bertz CT molecular complexity index is 1180. The number of aliphatic hydroxyl groups is 1. The number of benzene rings is 2. The third-order valence-corrected chi connectivity index (χ3v) is 5.80. The van der Waals surface area contributed by atoms with Gasteiger partial charge in [-0.25, -0.2) is 0 Å². The number of nitrogens with zero attached hydrogens (tertiary/aromatic N) is 1. The van der Waals surface area contributed by atoms with E-state index < -0.39 is 17.7 Å². The first-order valence-electron chi connectivity index (χ1n) is 11.1. The van der Waals surface area contributed by atoms with E-state index in [2.05, 4.69) is 4.98 Å². The molecule has 1 aliphatic rings. The number of hydrogen-bond donors (Lipinski definition) is 2. The van der Waals surface area contributed by atoms with E-state index in [1.165, 1.54) is 4.90 Å². The highest BCUT2D eigenvalue weighted by atomic mass is 16.5. The Labute approximate surface area is 192 Å². The third kappa shape index (κ3) is 4.36. The molecule has 1 aromatic heterocycles. The number of ketones is 1. The molecule has 7 nitrogen and oxygen atoms in total. The number of carbonyl (C=O) groups excluding carboxylic acids is 2. The number of aromatic amines is 1. The van der Waals surface area contributed by atoms with Crippen molar-refractivity contribution in [3.63, 3.8) is 0 Å². The van der Waals surface area contributed by atoms with Crippen LogP contribution in [0.5, 0.6) is 5.75 Å². The van der Waals surface area contributed by atoms with Crippen molar-refractivity contribution in [1.29, 1.82) is 0 Å². The van der Waals surface area contributed by atoms with Crippen molar-refractivity contribution in [2.45, 2.75) is 25.8 Å². The number of ether oxygens (including phenoxy) is 2. The number of aliphatic hydroxyl groups excluding tert-OH is 1. The number of carbonyl (C=O) groups is 2. The van der Waals surface area contributed by atoms with Gasteiger partial charge in [-0.15, -0.1) is 0 Å². The molecule has 7 heteroatoms. The van der Waals surface area contributed by atoms with Crippen molar-refractivity contribution in [2.24, 2.45) is 0 Å². The van der Waals surface area contributed by atoms with Crippen LogP contribution in [-0.4, -0.2) is 53.5 Å². The van der Waals surface area contributed by atoms with Crippen molar-refractivity contribution >= 4 is 28.4 Å². The molecule has 0 bridgehead atoms. The van der Waals surface area contributed by atoms with E-state index in [0.717, 1.165) is 22.9 Å². The van der Waals surface area contributed by atoms with Crippen LogP contribution in [0, 0.1) is 0 Å². The second-order valence-corrected chi connectivity index (χ2v) is 8.00. The number of likely N-dealkylation sites (tertiary alicyclic amines) is 1. The van der Waals surface area contributed by atoms with Crippen molar-refractivity contribution in [2.75, 3.05) is 26.9 Å². The fraction of sp³-hybridized carbons (Fsp3) is 0.308. The smallest absolute Gasteiger partial charge is 0.295 e. The van der Waals surface area contributed by atoms with Gasteiger partial charge in [-0.2, -0.15) is 0 Å². The molecule has 172 valence electrons. The second-order valence-electron chi connectivity index (χ2n) is 8.00. The summed E-state index contributed by atoms with van der Waals surface area (Å²) < 4.78 is 10.8. The molecule has 1 saturated heterocycles. The number of hydrogen-bond acceptors (Lipinski definition) is 5. The average molecular weight is 449 g/mol. The van der Waals surface area contributed by atoms with Gasteiger partial charge in [0.15, 0.2) is 0 Å². The predicted molar refractivity (Wildman–Crippen MR) is 126 cm³/mol. The van der Waals surface area contributed by atoms with E-state index >= 15 is 0 Å². The number of methoxy groups -OCH3 is 1. The molecule has 3 aromatic rings. The minimum atomic E-state index is -0.700. The first-order valence-corrected chi connectivity index (χ1v) is 11.1. The van der Waals surface area contributed by atoms with Crippen LogP contribution in [0.4, 0.5) is 0 Å². The van der Waals surface area contributed by atoms with E-state index in [1.54, 1.807) is 37.6 Å². The fourth-order valence-corrected chi connectivity index (χ4v) is 4.22. The van der Waals surface area contributed by atoms with E-state index in [4.69, 9.17) is 9.47 Å². The lowest BCUT2D eigenvalue weighted by Crippen LogP contribution is -2.31. The largest absolute Gasteiger partial charge is 0.507 e. The molecule has 33 heavy (non-hydrogen) atoms. The van der Waals surface area contributed by atoms with Gasteiger partial charge in [0.2, 0.25) is 0 Å². The number of H-pyrrole nitrogens is 1. The number of rotatable bonds is 9. The maximum atomic E-state index is 13.1. The molecule has 1 aliphatic heterocycles. The SMILES string of the molecule is CCCOc1ccc(/C(O)=C2\C(=O)C(=O)N(CCCOC)C2c2c[nH]c3ccccc23)cc1. The van der Waals surface area contributed by atoms with Gasteiger partial charge in [-0.1, -0.05) is 25.1 Å². The van der Waals surface area contributed by atoms with Crippen molar-refractivity contribution < 1.29 is 24.2 Å². The van der Waals surface area contributed by atoms with Gasteiger partial charge >= 0.3 is 0 Å². The molecule has 0 aliphatic carbocycles. The maximum absolute atomic E-state index is 13.1. The zero-order chi connectivity index (χ0) is 23.4. The zero-order valence-corrected chi connectivity index (χ0v) is 18.8. The van der Waals surface area contributed by atoms with Crippen molar-refractivity contribution in [3.05, 3.63) is 71.4 Å². The summed E-state index contributed by atoms with van der Waals surface area (Å²) in [4.78, 5) is 30.9. The summed E-state index contributed by atoms with van der Waals surface area (Å²) in [5, 5.41) is 12.1. The summed E-state index contributed by atoms with van der Waals surface area (Å²) in [5.74, 6) is -0.821. The minimum Gasteiger partial charge on any atom is -0.507 e. The molecule has 0 spiro atoms. The summed E-state index contributed by atoms with van der Waals surface area (Å²) >= 11 is 0. The second kappa shape index (κ2) is 9.92. The van der Waals surface area contributed by atoms with Crippen LogP contribution in [0.3, 0.4) is 0 Å². The van der Waals surface area contributed by atoms with Gasteiger partial charge < -0.3 is 24.5 Å². The van der Waals surface area contributed by atoms with Crippen molar-refractivity contribution in [1.82, 2.24) is 9.88 Å². The quantitative estimate of drug-likeness (QED) is 0.219. The van der Waals surface area contributed by atoms with E-state index in [9.17, 15) is 14.7 Å². The maximum Gasteiger partial charge on any atom is 0.295 e. The Kier molecular flexibility index (Phi) is 6.79. The average Bonchev–Trinajstić information content (AvgIpc) is 3.37. The lowest BCUT2D eigenvalue weighted by atomic mass is 9.95. The van der Waals surface area contributed by atoms with Crippen LogP contribution < -0.4 is 4.74 Å². The van der Waals surface area contributed by atoms with E-state index in [-0.39, 0.29) is 11.3 Å². The first-order chi connectivity index (χ1) is 16.1. The Balaban J connectivity index is 1.80. The van der Waals surface area contributed by atoms with Crippen LogP contribution in [0.25, 0.3) is 16.7 Å². The van der Waals surface area contributed by atoms with E-state index in [0.29, 0.717) is 37.5 Å². The molecule has 0 saturated carbocycles. The van der Waals surface area contributed by atoms with Crippen LogP contribution in [0.15, 0.2) is 60.3 Å². The van der Waals surface area contributed by atoms with Crippen molar-refractivity contribution in [3.8, 4) is 5.75 Å². The molecular weight excluding hydrogens is 420 g/mol. The summed E-state index contributed by atoms with van der Waals surface area (Å²) in [6.45, 7) is 3.42. The Morgan fingerprint density at radius 1 is 1.09 bits per heavy atom.